The van der Waals surface area contributed by atoms with Gasteiger partial charge in [-0.2, -0.15) is 0 Å². The first-order valence-corrected chi connectivity index (χ1v) is 18.7. The van der Waals surface area contributed by atoms with E-state index in [1.807, 2.05) is 6.08 Å². The normalized spacial score (nSPS) is 12.7. The van der Waals surface area contributed by atoms with Crippen LogP contribution in [-0.2, 0) is 23.9 Å². The second-order valence-electron chi connectivity index (χ2n) is 12.7. The molecule has 2 unspecified atom stereocenters. The van der Waals surface area contributed by atoms with E-state index in [1.54, 1.807) is 0 Å². The van der Waals surface area contributed by atoms with E-state index < -0.39 is 24.5 Å². The Morgan fingerprint density at radius 1 is 0.638 bits per heavy atom. The maximum absolute atomic E-state index is 12.5. The summed E-state index contributed by atoms with van der Waals surface area (Å²) in [6.07, 6.45) is 33.9. The third kappa shape index (κ3) is 30.4. The zero-order valence-electron chi connectivity index (χ0n) is 29.8. The molecule has 0 aromatic heterocycles. The van der Waals surface area contributed by atoms with Gasteiger partial charge < -0.3 is 25.6 Å². The molecule has 0 aliphatic heterocycles. The number of amides is 2. The minimum absolute atomic E-state index is 0.127. The lowest BCUT2D eigenvalue weighted by atomic mass is 10.1. The Morgan fingerprint density at radius 2 is 1.17 bits per heavy atom. The molecule has 0 saturated carbocycles. The molecule has 0 rings (SSSR count). The number of esters is 1. The van der Waals surface area contributed by atoms with Gasteiger partial charge in [0.1, 0.15) is 12.1 Å². The number of rotatable bonds is 33. The molecule has 47 heavy (non-hydrogen) atoms. The Morgan fingerprint density at radius 3 is 1.77 bits per heavy atom. The van der Waals surface area contributed by atoms with Crippen LogP contribution in [0.15, 0.2) is 24.3 Å². The molecule has 2 atom stereocenters. The number of ether oxygens (including phenoxy) is 1. The van der Waals surface area contributed by atoms with E-state index in [1.165, 1.54) is 64.2 Å². The van der Waals surface area contributed by atoms with Crippen molar-refractivity contribution >= 4 is 23.8 Å². The molecule has 0 heterocycles. The van der Waals surface area contributed by atoms with Crippen LogP contribution in [0.4, 0.5) is 0 Å². The second kappa shape index (κ2) is 33.2. The average Bonchev–Trinajstić information content (AvgIpc) is 3.05. The highest BCUT2D eigenvalue weighted by Gasteiger charge is 2.18. The van der Waals surface area contributed by atoms with E-state index >= 15 is 0 Å². The Bertz CT molecular complexity index is 859. The molecule has 9 heteroatoms. The summed E-state index contributed by atoms with van der Waals surface area (Å²) in [4.78, 5) is 47.1. The molecular weight excluding hydrogens is 596 g/mol. The van der Waals surface area contributed by atoms with Gasteiger partial charge in [0.2, 0.25) is 11.8 Å². The van der Waals surface area contributed by atoms with Gasteiger partial charge in [-0.05, 0) is 63.9 Å². The number of carboxylic acids is 1. The lowest BCUT2D eigenvalue weighted by molar-refractivity contribution is -0.147. The van der Waals surface area contributed by atoms with Gasteiger partial charge >= 0.3 is 11.9 Å². The highest BCUT2D eigenvalue weighted by atomic mass is 16.5. The summed E-state index contributed by atoms with van der Waals surface area (Å²) in [5, 5.41) is 22.4. The van der Waals surface area contributed by atoms with E-state index in [2.05, 4.69) is 42.7 Å². The number of carboxylic acid groups (broad SMARTS) is 1. The maximum Gasteiger partial charge on any atom is 0.328 e. The SMILES string of the molecule is CCCC/C=C\C(CCCCCCC(=O)NCC(=O)NC(CO)C(=O)O)OC(=O)CCCCCCC/C=C\CCCCCCCCC. The third-order valence-corrected chi connectivity index (χ3v) is 8.16. The van der Waals surface area contributed by atoms with Gasteiger partial charge in [-0.15, -0.1) is 0 Å². The van der Waals surface area contributed by atoms with Gasteiger partial charge in [-0.1, -0.05) is 116 Å². The lowest BCUT2D eigenvalue weighted by Crippen LogP contribution is -2.47. The molecular formula is C38H68N2O7. The number of nitrogens with one attached hydrogen (secondary N) is 2. The van der Waals surface area contributed by atoms with Crippen LogP contribution in [0.2, 0.25) is 0 Å². The number of carbonyl (C=O) groups is 4. The second-order valence-corrected chi connectivity index (χ2v) is 12.7. The maximum atomic E-state index is 12.5. The number of hydrogen-bond acceptors (Lipinski definition) is 6. The predicted octanol–water partition coefficient (Wildman–Crippen LogP) is 8.09. The molecule has 0 fully saturated rings. The first-order chi connectivity index (χ1) is 22.8. The summed E-state index contributed by atoms with van der Waals surface area (Å²) in [6, 6.07) is -1.39. The predicted molar refractivity (Wildman–Crippen MR) is 190 cm³/mol. The van der Waals surface area contributed by atoms with E-state index in [4.69, 9.17) is 14.9 Å². The van der Waals surface area contributed by atoms with Crippen LogP contribution in [0.5, 0.6) is 0 Å². The number of unbranched alkanes of at least 4 members (excludes halogenated alkanes) is 17. The van der Waals surface area contributed by atoms with E-state index in [0.29, 0.717) is 12.8 Å². The minimum atomic E-state index is -1.39. The molecule has 0 radical (unpaired) electrons. The topological polar surface area (TPSA) is 142 Å². The van der Waals surface area contributed by atoms with Gasteiger partial charge in [-0.3, -0.25) is 14.4 Å². The van der Waals surface area contributed by atoms with Crippen LogP contribution in [0, 0.1) is 0 Å². The fraction of sp³-hybridized carbons (Fsp3) is 0.789. The van der Waals surface area contributed by atoms with Crippen molar-refractivity contribution in [2.24, 2.45) is 0 Å². The first-order valence-electron chi connectivity index (χ1n) is 18.7. The van der Waals surface area contributed by atoms with Crippen molar-refractivity contribution in [1.29, 1.82) is 0 Å². The van der Waals surface area contributed by atoms with E-state index in [-0.39, 0.29) is 30.9 Å². The summed E-state index contributed by atoms with van der Waals surface area (Å²) in [5.74, 6) is -2.42. The fourth-order valence-electron chi connectivity index (χ4n) is 5.19. The Kier molecular flexibility index (Phi) is 31.3. The molecule has 2 amide bonds. The molecule has 0 aromatic rings. The molecule has 9 nitrogen and oxygen atoms in total. The van der Waals surface area contributed by atoms with Crippen molar-refractivity contribution < 1.29 is 34.1 Å². The monoisotopic (exact) mass is 665 g/mol. The zero-order chi connectivity index (χ0) is 34.8. The average molecular weight is 665 g/mol. The summed E-state index contributed by atoms with van der Waals surface area (Å²) < 4.78 is 5.82. The molecule has 4 N–H and O–H groups in total. The summed E-state index contributed by atoms with van der Waals surface area (Å²) in [6.45, 7) is 3.36. The lowest BCUT2D eigenvalue weighted by Gasteiger charge is -2.15. The van der Waals surface area contributed by atoms with Crippen LogP contribution in [-0.4, -0.2) is 59.3 Å². The Balaban J connectivity index is 4.05. The molecule has 0 aromatic carbocycles. The van der Waals surface area contributed by atoms with Crippen molar-refractivity contribution in [2.45, 2.75) is 180 Å². The van der Waals surface area contributed by atoms with Gasteiger partial charge in [0.25, 0.3) is 0 Å². The highest BCUT2D eigenvalue weighted by molar-refractivity contribution is 5.87. The molecule has 0 saturated heterocycles. The number of aliphatic hydroxyl groups is 1. The van der Waals surface area contributed by atoms with Crippen molar-refractivity contribution in [3.05, 3.63) is 24.3 Å². The Hall–Kier alpha value is -2.68. The first kappa shape index (κ1) is 44.3. The summed E-state index contributed by atoms with van der Waals surface area (Å²) >= 11 is 0. The molecule has 0 bridgehead atoms. The molecule has 272 valence electrons. The number of carbonyl (C=O) groups excluding carboxylic acids is 3. The van der Waals surface area contributed by atoms with Gasteiger partial charge in [0, 0.05) is 12.8 Å². The van der Waals surface area contributed by atoms with E-state index in [9.17, 15) is 19.2 Å². The number of allylic oxidation sites excluding steroid dienone is 3. The largest absolute Gasteiger partial charge is 0.480 e. The van der Waals surface area contributed by atoms with Crippen LogP contribution < -0.4 is 10.6 Å². The van der Waals surface area contributed by atoms with Crippen molar-refractivity contribution in [2.75, 3.05) is 13.2 Å². The van der Waals surface area contributed by atoms with Gasteiger partial charge in [0.15, 0.2) is 0 Å². The van der Waals surface area contributed by atoms with Crippen molar-refractivity contribution in [3.8, 4) is 0 Å². The van der Waals surface area contributed by atoms with Gasteiger partial charge in [-0.25, -0.2) is 4.79 Å². The van der Waals surface area contributed by atoms with Crippen LogP contribution in [0.3, 0.4) is 0 Å². The quantitative estimate of drug-likeness (QED) is 0.0316. The van der Waals surface area contributed by atoms with Crippen LogP contribution in [0.1, 0.15) is 168 Å². The van der Waals surface area contributed by atoms with Crippen LogP contribution in [0.25, 0.3) is 0 Å². The van der Waals surface area contributed by atoms with Crippen molar-refractivity contribution in [1.82, 2.24) is 10.6 Å². The third-order valence-electron chi connectivity index (χ3n) is 8.16. The highest BCUT2D eigenvalue weighted by Crippen LogP contribution is 2.15. The number of aliphatic hydroxyl groups excluding tert-OH is 1. The van der Waals surface area contributed by atoms with Crippen LogP contribution >= 0.6 is 0 Å². The number of aliphatic carboxylic acids is 1. The fourth-order valence-corrected chi connectivity index (χ4v) is 5.19. The zero-order valence-corrected chi connectivity index (χ0v) is 29.8. The molecule has 0 aliphatic rings. The van der Waals surface area contributed by atoms with Gasteiger partial charge in [0.05, 0.1) is 13.2 Å². The molecule has 0 spiro atoms. The standard InChI is InChI=1S/C38H68N2O7/c1-3-5-7-9-10-11-12-13-14-15-16-17-18-19-20-26-30-37(44)47-33(27-23-8-6-4-2)28-24-21-22-25-29-35(42)39-31-36(43)40-34(32-41)38(45)46/h14-15,23,27,33-34,41H,3-13,16-22,24-26,28-32H2,1-2H3,(H,39,42)(H,40,43)(H,45,46)/b15-14-,27-23-. The Labute approximate surface area is 285 Å². The molecule has 0 aliphatic carbocycles. The minimum Gasteiger partial charge on any atom is -0.480 e. The van der Waals surface area contributed by atoms with Crippen molar-refractivity contribution in [3.63, 3.8) is 0 Å². The van der Waals surface area contributed by atoms with E-state index in [0.717, 1.165) is 70.6 Å². The summed E-state index contributed by atoms with van der Waals surface area (Å²) in [5.41, 5.74) is 0. The number of hydrogen-bond donors (Lipinski definition) is 4. The smallest absolute Gasteiger partial charge is 0.328 e. The summed E-state index contributed by atoms with van der Waals surface area (Å²) in [7, 11) is 0.